The van der Waals surface area contributed by atoms with Crippen molar-refractivity contribution in [2.75, 3.05) is 12.4 Å². The zero-order valence-corrected chi connectivity index (χ0v) is 14.9. The molecule has 0 radical (unpaired) electrons. The maximum absolute atomic E-state index is 6.21. The van der Waals surface area contributed by atoms with Gasteiger partial charge in [0.05, 0.1) is 12.1 Å². The number of fused-ring (bicyclic) bond motifs is 1. The maximum Gasteiger partial charge on any atom is 0.263 e. The summed E-state index contributed by atoms with van der Waals surface area (Å²) in [5.41, 5.74) is 3.94. The molecule has 0 saturated carbocycles. The van der Waals surface area contributed by atoms with Crippen LogP contribution in [0.5, 0.6) is 5.75 Å². The first-order valence-corrected chi connectivity index (χ1v) is 8.32. The number of aryl methyl sites for hydroxylation is 1. The Morgan fingerprint density at radius 1 is 1.12 bits per heavy atom. The van der Waals surface area contributed by atoms with Crippen LogP contribution < -0.4 is 10.1 Å². The second-order valence-corrected chi connectivity index (χ2v) is 6.13. The average molecular weight is 367 g/mol. The van der Waals surface area contributed by atoms with E-state index in [2.05, 4.69) is 20.4 Å². The minimum atomic E-state index is 0.417. The summed E-state index contributed by atoms with van der Waals surface area (Å²) in [6.07, 6.45) is 1.43. The van der Waals surface area contributed by atoms with Gasteiger partial charge < -0.3 is 14.6 Å². The van der Waals surface area contributed by atoms with Crippen LogP contribution in [0.15, 0.2) is 53.3 Å². The van der Waals surface area contributed by atoms with Gasteiger partial charge in [0.2, 0.25) is 0 Å². The number of rotatable bonds is 4. The largest absolute Gasteiger partial charge is 0.495 e. The molecule has 4 rings (SSSR count). The van der Waals surface area contributed by atoms with Gasteiger partial charge in [-0.05, 0) is 30.7 Å². The summed E-state index contributed by atoms with van der Waals surface area (Å²) in [6, 6.07) is 13.4. The van der Waals surface area contributed by atoms with Crippen LogP contribution in [0, 0.1) is 6.92 Å². The van der Waals surface area contributed by atoms with Crippen LogP contribution in [-0.2, 0) is 0 Å². The standard InChI is InChI=1S/C19H15ClN4O2/c1-11-5-3-4-6-13(11)17-16-18(21-10-22-19(16)26-24-17)23-12-7-8-15(25-2)14(20)9-12/h3-10H,1-2H3,(H,21,22,23). The summed E-state index contributed by atoms with van der Waals surface area (Å²) in [5.74, 6) is 1.20. The third-order valence-electron chi connectivity index (χ3n) is 4.09. The second kappa shape index (κ2) is 6.65. The predicted octanol–water partition coefficient (Wildman–Crippen LogP) is 5.00. The van der Waals surface area contributed by atoms with Gasteiger partial charge in [-0.3, -0.25) is 0 Å². The van der Waals surface area contributed by atoms with E-state index in [4.69, 9.17) is 20.9 Å². The normalized spacial score (nSPS) is 10.9. The Morgan fingerprint density at radius 3 is 2.73 bits per heavy atom. The van der Waals surface area contributed by atoms with Gasteiger partial charge in [0.25, 0.3) is 5.71 Å². The van der Waals surface area contributed by atoms with E-state index in [1.54, 1.807) is 19.2 Å². The molecule has 0 spiro atoms. The molecule has 2 aromatic carbocycles. The molecule has 0 aliphatic heterocycles. The van der Waals surface area contributed by atoms with Gasteiger partial charge in [-0.1, -0.05) is 41.0 Å². The fourth-order valence-electron chi connectivity index (χ4n) is 2.78. The Hall–Kier alpha value is -3.12. The number of ether oxygens (including phenoxy) is 1. The smallest absolute Gasteiger partial charge is 0.263 e. The Labute approximate surface area is 154 Å². The van der Waals surface area contributed by atoms with Gasteiger partial charge in [-0.2, -0.15) is 4.98 Å². The van der Waals surface area contributed by atoms with Gasteiger partial charge in [-0.15, -0.1) is 0 Å². The molecule has 0 aliphatic rings. The van der Waals surface area contributed by atoms with Gasteiger partial charge in [0, 0.05) is 11.3 Å². The summed E-state index contributed by atoms with van der Waals surface area (Å²) in [6.45, 7) is 2.02. The van der Waals surface area contributed by atoms with Crippen LogP contribution in [0.1, 0.15) is 5.56 Å². The van der Waals surface area contributed by atoms with E-state index in [0.717, 1.165) is 16.8 Å². The first-order chi connectivity index (χ1) is 12.7. The van der Waals surface area contributed by atoms with E-state index in [-0.39, 0.29) is 0 Å². The molecule has 0 saturated heterocycles. The number of methoxy groups -OCH3 is 1. The monoisotopic (exact) mass is 366 g/mol. The van der Waals surface area contributed by atoms with Gasteiger partial charge in [0.1, 0.15) is 29.0 Å². The maximum atomic E-state index is 6.21. The second-order valence-electron chi connectivity index (χ2n) is 5.72. The number of anilines is 2. The number of hydrogen-bond donors (Lipinski definition) is 1. The highest BCUT2D eigenvalue weighted by molar-refractivity contribution is 6.32. The fraction of sp³-hybridized carbons (Fsp3) is 0.105. The average Bonchev–Trinajstić information content (AvgIpc) is 3.07. The summed E-state index contributed by atoms with van der Waals surface area (Å²) in [7, 11) is 1.58. The molecule has 0 fully saturated rings. The molecule has 0 amide bonds. The zero-order valence-electron chi connectivity index (χ0n) is 14.2. The van der Waals surface area contributed by atoms with Crippen molar-refractivity contribution in [2.45, 2.75) is 6.92 Å². The Morgan fingerprint density at radius 2 is 1.96 bits per heavy atom. The van der Waals surface area contributed by atoms with Crippen molar-refractivity contribution in [3.05, 3.63) is 59.4 Å². The number of nitrogens with zero attached hydrogens (tertiary/aromatic N) is 3. The van der Waals surface area contributed by atoms with E-state index >= 15 is 0 Å². The quantitative estimate of drug-likeness (QED) is 0.548. The van der Waals surface area contributed by atoms with Crippen LogP contribution in [0.3, 0.4) is 0 Å². The van der Waals surface area contributed by atoms with Crippen LogP contribution in [0.25, 0.3) is 22.4 Å². The highest BCUT2D eigenvalue weighted by Crippen LogP contribution is 2.35. The van der Waals surface area contributed by atoms with Crippen LogP contribution in [-0.4, -0.2) is 22.2 Å². The Kier molecular flexibility index (Phi) is 4.18. The predicted molar refractivity (Wildman–Crippen MR) is 101 cm³/mol. The van der Waals surface area contributed by atoms with Crippen molar-refractivity contribution in [3.8, 4) is 17.0 Å². The van der Waals surface area contributed by atoms with Crippen LogP contribution in [0.4, 0.5) is 11.5 Å². The lowest BCUT2D eigenvalue weighted by Crippen LogP contribution is -1.96. The first-order valence-electron chi connectivity index (χ1n) is 7.94. The van der Waals surface area contributed by atoms with Crippen molar-refractivity contribution >= 4 is 34.2 Å². The number of benzene rings is 2. The molecular formula is C19H15ClN4O2. The molecule has 26 heavy (non-hydrogen) atoms. The molecule has 2 heterocycles. The van der Waals surface area contributed by atoms with E-state index in [9.17, 15) is 0 Å². The van der Waals surface area contributed by atoms with E-state index in [0.29, 0.717) is 33.4 Å². The van der Waals surface area contributed by atoms with Crippen molar-refractivity contribution in [1.82, 2.24) is 15.1 Å². The molecule has 4 aromatic rings. The lowest BCUT2D eigenvalue weighted by molar-refractivity contribution is 0.415. The molecule has 0 atom stereocenters. The Balaban J connectivity index is 1.82. The molecule has 0 bridgehead atoms. The van der Waals surface area contributed by atoms with Crippen molar-refractivity contribution in [1.29, 1.82) is 0 Å². The number of nitrogens with one attached hydrogen (secondary N) is 1. The molecule has 1 N–H and O–H groups in total. The molecule has 2 aromatic heterocycles. The number of halogens is 1. The molecule has 6 nitrogen and oxygen atoms in total. The molecule has 7 heteroatoms. The highest BCUT2D eigenvalue weighted by atomic mass is 35.5. The van der Waals surface area contributed by atoms with Crippen LogP contribution in [0.2, 0.25) is 5.02 Å². The van der Waals surface area contributed by atoms with Crippen molar-refractivity contribution in [2.24, 2.45) is 0 Å². The number of hydrogen-bond acceptors (Lipinski definition) is 6. The minimum absolute atomic E-state index is 0.417. The lowest BCUT2D eigenvalue weighted by Gasteiger charge is -2.09. The van der Waals surface area contributed by atoms with Crippen molar-refractivity contribution < 1.29 is 9.26 Å². The summed E-state index contributed by atoms with van der Waals surface area (Å²) >= 11 is 6.21. The summed E-state index contributed by atoms with van der Waals surface area (Å²) < 4.78 is 10.6. The third kappa shape index (κ3) is 2.84. The third-order valence-corrected chi connectivity index (χ3v) is 4.38. The summed E-state index contributed by atoms with van der Waals surface area (Å²) in [4.78, 5) is 8.54. The summed E-state index contributed by atoms with van der Waals surface area (Å²) in [5, 5.41) is 8.70. The van der Waals surface area contributed by atoms with Gasteiger partial charge >= 0.3 is 0 Å². The fourth-order valence-corrected chi connectivity index (χ4v) is 3.04. The Bertz CT molecular complexity index is 1090. The van der Waals surface area contributed by atoms with Gasteiger partial charge in [0.15, 0.2) is 0 Å². The van der Waals surface area contributed by atoms with E-state index in [1.165, 1.54) is 6.33 Å². The highest BCUT2D eigenvalue weighted by Gasteiger charge is 2.18. The van der Waals surface area contributed by atoms with E-state index < -0.39 is 0 Å². The SMILES string of the molecule is COc1ccc(Nc2ncnc3onc(-c4ccccc4C)c23)cc1Cl. The molecule has 0 aliphatic carbocycles. The van der Waals surface area contributed by atoms with Gasteiger partial charge in [-0.25, -0.2) is 4.98 Å². The lowest BCUT2D eigenvalue weighted by atomic mass is 10.0. The van der Waals surface area contributed by atoms with E-state index in [1.807, 2.05) is 37.3 Å². The number of aromatic nitrogens is 3. The zero-order chi connectivity index (χ0) is 18.1. The molecular weight excluding hydrogens is 352 g/mol. The molecule has 0 unspecified atom stereocenters. The molecule has 130 valence electrons. The topological polar surface area (TPSA) is 73.1 Å². The minimum Gasteiger partial charge on any atom is -0.495 e. The van der Waals surface area contributed by atoms with Crippen LogP contribution >= 0.6 is 11.6 Å². The first kappa shape index (κ1) is 16.4. The van der Waals surface area contributed by atoms with Crippen molar-refractivity contribution in [3.63, 3.8) is 0 Å².